The summed E-state index contributed by atoms with van der Waals surface area (Å²) in [5, 5.41) is 0. The van der Waals surface area contributed by atoms with Crippen molar-refractivity contribution in [1.29, 1.82) is 0 Å². The van der Waals surface area contributed by atoms with E-state index in [1.807, 2.05) is 6.07 Å². The number of hydrogen-bond acceptors (Lipinski definition) is 2. The van der Waals surface area contributed by atoms with Gasteiger partial charge in [0, 0.05) is 16.7 Å². The van der Waals surface area contributed by atoms with Crippen LogP contribution in [0.5, 0.6) is 0 Å². The van der Waals surface area contributed by atoms with Gasteiger partial charge in [-0.2, -0.15) is 0 Å². The van der Waals surface area contributed by atoms with Gasteiger partial charge >= 0.3 is 0 Å². The Balaban J connectivity index is 0.961. The summed E-state index contributed by atoms with van der Waals surface area (Å²) in [6, 6.07) is 105. The molecule has 342 valence electrons. The molecule has 0 radical (unpaired) electrons. The van der Waals surface area contributed by atoms with Gasteiger partial charge in [-0.25, -0.2) is 9.97 Å². The molecule has 1 aromatic heterocycles. The third kappa shape index (κ3) is 7.96. The van der Waals surface area contributed by atoms with E-state index in [9.17, 15) is 0 Å². The van der Waals surface area contributed by atoms with Crippen molar-refractivity contribution < 1.29 is 0 Å². The average Bonchev–Trinajstić information content (AvgIpc) is 3.80. The summed E-state index contributed by atoms with van der Waals surface area (Å²) >= 11 is 0. The van der Waals surface area contributed by atoms with E-state index in [2.05, 4.69) is 285 Å². The van der Waals surface area contributed by atoms with Crippen molar-refractivity contribution in [2.24, 2.45) is 0 Å². The van der Waals surface area contributed by atoms with Crippen molar-refractivity contribution in [3.63, 3.8) is 0 Å². The molecule has 0 bridgehead atoms. The van der Waals surface area contributed by atoms with Gasteiger partial charge in [-0.1, -0.05) is 261 Å². The molecular weight excluding hydrogens is 881 g/mol. The number of nitrogens with zero attached hydrogens (tertiary/aromatic N) is 2. The Kier molecular flexibility index (Phi) is 11.1. The maximum Gasteiger partial charge on any atom is 0.160 e. The fourth-order valence-electron chi connectivity index (χ4n) is 11.1. The molecule has 0 fully saturated rings. The van der Waals surface area contributed by atoms with Crippen molar-refractivity contribution in [1.82, 2.24) is 9.97 Å². The van der Waals surface area contributed by atoms with E-state index < -0.39 is 5.41 Å². The van der Waals surface area contributed by atoms with Crippen LogP contribution in [0.1, 0.15) is 22.3 Å². The standard InChI is InChI=1S/C71H48N2/c1-6-20-49(21-7-1)51-36-40-53(41-37-51)63-46-65-62-34-16-17-35-66(62)71(60-30-12-4-13-31-60,61-32-14-5-15-33-61)67(65)47-64(63)58-28-18-26-56(44-58)57-27-19-29-59(45-57)70-72-68(54-24-10-3-11-25-54)48-69(73-70)55-42-38-52(39-43-55)50-22-8-2-9-23-50/h1-48H. The van der Waals surface area contributed by atoms with Crippen LogP contribution in [0.3, 0.4) is 0 Å². The minimum atomic E-state index is -0.540. The van der Waals surface area contributed by atoms with Crippen LogP contribution in [-0.2, 0) is 5.41 Å². The van der Waals surface area contributed by atoms with Gasteiger partial charge in [-0.15, -0.1) is 0 Å². The van der Waals surface area contributed by atoms with Crippen LogP contribution >= 0.6 is 0 Å². The summed E-state index contributed by atoms with van der Waals surface area (Å²) in [7, 11) is 0. The summed E-state index contributed by atoms with van der Waals surface area (Å²) in [6.45, 7) is 0. The first-order chi connectivity index (χ1) is 36.2. The molecular formula is C71H48N2. The average molecular weight is 929 g/mol. The van der Waals surface area contributed by atoms with Gasteiger partial charge in [0.05, 0.1) is 16.8 Å². The normalized spacial score (nSPS) is 12.2. The molecule has 0 amide bonds. The Labute approximate surface area is 427 Å². The molecule has 2 heteroatoms. The molecule has 0 N–H and O–H groups in total. The van der Waals surface area contributed by atoms with Gasteiger partial charge in [-0.05, 0) is 119 Å². The van der Waals surface area contributed by atoms with Crippen molar-refractivity contribution in [2.45, 2.75) is 5.41 Å². The maximum atomic E-state index is 5.28. The number of aromatic nitrogens is 2. The highest BCUT2D eigenvalue weighted by Crippen LogP contribution is 2.58. The molecule has 2 nitrogen and oxygen atoms in total. The fourth-order valence-corrected chi connectivity index (χ4v) is 11.1. The predicted molar refractivity (Wildman–Crippen MR) is 303 cm³/mol. The Morgan fingerprint density at radius 3 is 1.15 bits per heavy atom. The SMILES string of the molecule is c1ccc(-c2ccc(-c3cc(-c4ccccc4)nc(-c4cccc(-c5cccc(-c6cc7c(cc6-c6ccc(-c8ccccc8)cc6)-c6ccccc6C7(c6ccccc6)c6ccccc6)c5)c4)n3)cc2)cc1. The quantitative estimate of drug-likeness (QED) is 0.137. The number of hydrogen-bond donors (Lipinski definition) is 0. The lowest BCUT2D eigenvalue weighted by molar-refractivity contribution is 0.769. The smallest absolute Gasteiger partial charge is 0.160 e. The van der Waals surface area contributed by atoms with Gasteiger partial charge < -0.3 is 0 Å². The van der Waals surface area contributed by atoms with Gasteiger partial charge in [0.15, 0.2) is 5.82 Å². The van der Waals surface area contributed by atoms with Crippen LogP contribution in [0.25, 0.3) is 101 Å². The van der Waals surface area contributed by atoms with E-state index in [4.69, 9.17) is 9.97 Å². The molecule has 1 heterocycles. The Bertz CT molecular complexity index is 3870. The Morgan fingerprint density at radius 2 is 0.589 bits per heavy atom. The van der Waals surface area contributed by atoms with Crippen LogP contribution in [-0.4, -0.2) is 9.97 Å². The van der Waals surface area contributed by atoms with Crippen LogP contribution in [0.4, 0.5) is 0 Å². The second kappa shape index (κ2) is 18.7. The van der Waals surface area contributed by atoms with Gasteiger partial charge in [0.2, 0.25) is 0 Å². The zero-order valence-corrected chi connectivity index (χ0v) is 40.1. The number of fused-ring (bicyclic) bond motifs is 3. The highest BCUT2D eigenvalue weighted by Gasteiger charge is 2.46. The zero-order valence-electron chi connectivity index (χ0n) is 40.1. The lowest BCUT2D eigenvalue weighted by Crippen LogP contribution is -2.28. The third-order valence-electron chi connectivity index (χ3n) is 14.6. The lowest BCUT2D eigenvalue weighted by Gasteiger charge is -2.34. The minimum absolute atomic E-state index is 0.540. The summed E-state index contributed by atoms with van der Waals surface area (Å²) in [5.41, 5.74) is 23.4. The summed E-state index contributed by atoms with van der Waals surface area (Å²) < 4.78 is 0. The monoisotopic (exact) mass is 928 g/mol. The first kappa shape index (κ1) is 43.5. The third-order valence-corrected chi connectivity index (χ3v) is 14.6. The summed E-state index contributed by atoms with van der Waals surface area (Å²) in [5.74, 6) is 0.680. The summed E-state index contributed by atoms with van der Waals surface area (Å²) in [6.07, 6.45) is 0. The molecule has 1 aliphatic rings. The first-order valence-electron chi connectivity index (χ1n) is 25.0. The molecule has 13 rings (SSSR count). The van der Waals surface area contributed by atoms with Crippen LogP contribution in [0.2, 0.25) is 0 Å². The molecule has 0 saturated carbocycles. The van der Waals surface area contributed by atoms with Gasteiger partial charge in [-0.3, -0.25) is 0 Å². The number of benzene rings is 11. The molecule has 12 aromatic rings. The molecule has 73 heavy (non-hydrogen) atoms. The van der Waals surface area contributed by atoms with Crippen LogP contribution < -0.4 is 0 Å². The van der Waals surface area contributed by atoms with Crippen molar-refractivity contribution in [3.8, 4) is 101 Å². The molecule has 11 aromatic carbocycles. The van der Waals surface area contributed by atoms with E-state index in [-0.39, 0.29) is 0 Å². The largest absolute Gasteiger partial charge is 0.228 e. The summed E-state index contributed by atoms with van der Waals surface area (Å²) in [4.78, 5) is 10.5. The van der Waals surface area contributed by atoms with E-state index in [0.29, 0.717) is 5.82 Å². The molecule has 0 spiro atoms. The van der Waals surface area contributed by atoms with Crippen molar-refractivity contribution in [2.75, 3.05) is 0 Å². The van der Waals surface area contributed by atoms with E-state index >= 15 is 0 Å². The van der Waals surface area contributed by atoms with E-state index in [0.717, 1.165) is 44.8 Å². The molecule has 0 unspecified atom stereocenters. The second-order valence-electron chi connectivity index (χ2n) is 18.8. The van der Waals surface area contributed by atoms with Gasteiger partial charge in [0.1, 0.15) is 0 Å². The predicted octanol–water partition coefficient (Wildman–Crippen LogP) is 18.2. The fraction of sp³-hybridized carbons (Fsp3) is 0.0141. The minimum Gasteiger partial charge on any atom is -0.228 e. The van der Waals surface area contributed by atoms with Crippen LogP contribution in [0, 0.1) is 0 Å². The molecule has 0 aliphatic heterocycles. The van der Waals surface area contributed by atoms with Crippen molar-refractivity contribution >= 4 is 0 Å². The number of rotatable bonds is 10. The van der Waals surface area contributed by atoms with E-state index in [1.54, 1.807) is 0 Å². The highest BCUT2D eigenvalue weighted by atomic mass is 14.9. The highest BCUT2D eigenvalue weighted by molar-refractivity contribution is 5.96. The second-order valence-corrected chi connectivity index (χ2v) is 18.8. The molecule has 1 aliphatic carbocycles. The topological polar surface area (TPSA) is 25.8 Å². The maximum absolute atomic E-state index is 5.28. The van der Waals surface area contributed by atoms with Crippen molar-refractivity contribution in [3.05, 3.63) is 313 Å². The van der Waals surface area contributed by atoms with Gasteiger partial charge in [0.25, 0.3) is 0 Å². The lowest BCUT2D eigenvalue weighted by atomic mass is 9.67. The Morgan fingerprint density at radius 1 is 0.205 bits per heavy atom. The zero-order chi connectivity index (χ0) is 48.6. The molecule has 0 saturated heterocycles. The van der Waals surface area contributed by atoms with Crippen LogP contribution in [0.15, 0.2) is 291 Å². The first-order valence-corrected chi connectivity index (χ1v) is 25.0. The van der Waals surface area contributed by atoms with E-state index in [1.165, 1.54) is 72.3 Å². The Hall–Kier alpha value is -9.50. The molecule has 0 atom stereocenters.